The number of carbonyl (C=O) groups is 2. The van der Waals surface area contributed by atoms with Crippen molar-refractivity contribution < 1.29 is 28.9 Å². The Morgan fingerprint density at radius 1 is 1.05 bits per heavy atom. The molecular weight excluding hydrogens is 548 g/mol. The van der Waals surface area contributed by atoms with Gasteiger partial charge in [0.1, 0.15) is 5.75 Å². The van der Waals surface area contributed by atoms with Crippen molar-refractivity contribution in [3.05, 3.63) is 29.3 Å². The molecule has 5 N–H and O–H groups in total. The molecule has 1 aromatic carbocycles. The summed E-state index contributed by atoms with van der Waals surface area (Å²) in [5, 5.41) is 17.2. The van der Waals surface area contributed by atoms with E-state index in [4.69, 9.17) is 19.9 Å². The highest BCUT2D eigenvalue weighted by molar-refractivity contribution is 5.97. The number of methoxy groups -OCH3 is 1. The molecule has 0 bridgehead atoms. The number of nitrogens with one attached hydrogen (secondary N) is 2. The third-order valence-electron chi connectivity index (χ3n) is 8.39. The van der Waals surface area contributed by atoms with Crippen LogP contribution in [0.15, 0.2) is 18.2 Å². The topological polar surface area (TPSA) is 135 Å². The lowest BCUT2D eigenvalue weighted by molar-refractivity contribution is -0.127. The van der Waals surface area contributed by atoms with Crippen LogP contribution in [-0.4, -0.2) is 100 Å². The molecule has 1 heterocycles. The predicted octanol–water partition coefficient (Wildman–Crippen LogP) is 2.99. The lowest BCUT2D eigenvalue weighted by atomic mass is 9.83. The monoisotopic (exact) mass is 606 g/mol. The van der Waals surface area contributed by atoms with Gasteiger partial charge in [-0.05, 0) is 68.1 Å². The number of hydrogen-bond acceptors (Lipinski definition) is 8. The molecule has 1 aromatic rings. The minimum Gasteiger partial charge on any atom is -0.493 e. The molecular formula is C33H58N4O6. The number of aliphatic hydroxyl groups excluding tert-OH is 1. The first kappa shape index (κ1) is 36.9. The summed E-state index contributed by atoms with van der Waals surface area (Å²) >= 11 is 0. The maximum absolute atomic E-state index is 13.2. The summed E-state index contributed by atoms with van der Waals surface area (Å²) in [6.07, 6.45) is 1.73. The van der Waals surface area contributed by atoms with Crippen molar-refractivity contribution in [1.29, 1.82) is 0 Å². The van der Waals surface area contributed by atoms with Gasteiger partial charge in [0.05, 0.1) is 31.5 Å². The van der Waals surface area contributed by atoms with Gasteiger partial charge in [-0.2, -0.15) is 0 Å². The smallest absolute Gasteiger partial charge is 0.255 e. The molecule has 1 aliphatic heterocycles. The van der Waals surface area contributed by atoms with E-state index in [1.807, 2.05) is 32.9 Å². The molecule has 0 aromatic heterocycles. The normalized spacial score (nSPS) is 17.0. The Morgan fingerprint density at radius 3 is 2.40 bits per heavy atom. The van der Waals surface area contributed by atoms with Gasteiger partial charge in [0, 0.05) is 58.4 Å². The van der Waals surface area contributed by atoms with Crippen molar-refractivity contribution >= 4 is 11.8 Å². The molecule has 2 amide bonds. The first-order valence-electron chi connectivity index (χ1n) is 16.0. The van der Waals surface area contributed by atoms with E-state index in [2.05, 4.69) is 29.4 Å². The third-order valence-corrected chi connectivity index (χ3v) is 8.39. The molecule has 1 saturated heterocycles. The standard InChI is InChI=1S/C33H58N4O6/c1-23(2)26(22-36-32(39)27-10-9-25(5)19-31(27)43-16-8-7-15-41-6)20-29(34)30(38)21-28(24(3)4)33(40)35-11-12-37-13-17-42-18-14-37/h9-10,19,23-24,26,28-30,38H,7-8,11-18,20-22,34H2,1-6H3,(H,35,40)(H,36,39). The molecule has 0 aliphatic carbocycles. The first-order chi connectivity index (χ1) is 20.5. The lowest BCUT2D eigenvalue weighted by Crippen LogP contribution is -2.45. The average molecular weight is 607 g/mol. The van der Waals surface area contributed by atoms with Crippen LogP contribution in [0.5, 0.6) is 5.75 Å². The van der Waals surface area contributed by atoms with Crippen LogP contribution in [0.2, 0.25) is 0 Å². The highest BCUT2D eigenvalue weighted by Gasteiger charge is 2.30. The molecule has 43 heavy (non-hydrogen) atoms. The SMILES string of the molecule is COCCCCOc1cc(C)ccc1C(=O)NCC(CC(N)C(O)CC(C(=O)NCCN1CCOCC1)C(C)C)C(C)C. The van der Waals surface area contributed by atoms with Crippen LogP contribution in [-0.2, 0) is 14.3 Å². The van der Waals surface area contributed by atoms with Crippen LogP contribution in [0.3, 0.4) is 0 Å². The maximum atomic E-state index is 13.2. The van der Waals surface area contributed by atoms with Gasteiger partial charge >= 0.3 is 0 Å². The Kier molecular flexibility index (Phi) is 17.1. The zero-order valence-corrected chi connectivity index (χ0v) is 27.4. The molecule has 246 valence electrons. The molecule has 0 saturated carbocycles. The number of nitrogens with two attached hydrogens (primary N) is 1. The van der Waals surface area contributed by atoms with Crippen LogP contribution in [0.4, 0.5) is 0 Å². The van der Waals surface area contributed by atoms with Crippen molar-refractivity contribution in [1.82, 2.24) is 15.5 Å². The summed E-state index contributed by atoms with van der Waals surface area (Å²) in [7, 11) is 1.68. The lowest BCUT2D eigenvalue weighted by Gasteiger charge is -2.30. The van der Waals surface area contributed by atoms with E-state index >= 15 is 0 Å². The van der Waals surface area contributed by atoms with Crippen molar-refractivity contribution in [2.24, 2.45) is 29.4 Å². The molecule has 4 atom stereocenters. The number of ether oxygens (including phenoxy) is 3. The van der Waals surface area contributed by atoms with Gasteiger partial charge in [-0.15, -0.1) is 0 Å². The van der Waals surface area contributed by atoms with Gasteiger partial charge in [-0.25, -0.2) is 0 Å². The van der Waals surface area contributed by atoms with Crippen LogP contribution >= 0.6 is 0 Å². The fraction of sp³-hybridized carbons (Fsp3) is 0.758. The quantitative estimate of drug-likeness (QED) is 0.167. The minimum atomic E-state index is -0.829. The summed E-state index contributed by atoms with van der Waals surface area (Å²) in [4.78, 5) is 28.5. The van der Waals surface area contributed by atoms with Gasteiger partial charge in [-0.3, -0.25) is 14.5 Å². The van der Waals surface area contributed by atoms with Crippen LogP contribution in [0.25, 0.3) is 0 Å². The van der Waals surface area contributed by atoms with Gasteiger partial charge in [-0.1, -0.05) is 33.8 Å². The third kappa shape index (κ3) is 13.5. The number of aryl methyl sites for hydroxylation is 1. The van der Waals surface area contributed by atoms with Crippen LogP contribution in [0.1, 0.15) is 69.3 Å². The Labute approximate surface area is 259 Å². The van der Waals surface area contributed by atoms with Crippen LogP contribution in [0, 0.1) is 30.6 Å². The van der Waals surface area contributed by atoms with E-state index in [0.29, 0.717) is 50.5 Å². The molecule has 0 radical (unpaired) electrons. The van der Waals surface area contributed by atoms with E-state index in [-0.39, 0.29) is 35.5 Å². The number of morpholine rings is 1. The van der Waals surface area contributed by atoms with Gasteiger partial charge < -0.3 is 35.7 Å². The second kappa shape index (κ2) is 19.9. The van der Waals surface area contributed by atoms with E-state index in [1.165, 1.54) is 0 Å². The minimum absolute atomic E-state index is 0.0444. The van der Waals surface area contributed by atoms with E-state index in [0.717, 1.165) is 51.3 Å². The number of nitrogens with zero attached hydrogens (tertiary/aromatic N) is 1. The van der Waals surface area contributed by atoms with Crippen LogP contribution < -0.4 is 21.1 Å². The summed E-state index contributed by atoms with van der Waals surface area (Å²) in [5.74, 6) is 0.354. The number of carbonyl (C=O) groups excluding carboxylic acids is 2. The number of amides is 2. The summed E-state index contributed by atoms with van der Waals surface area (Å²) < 4.78 is 16.4. The zero-order chi connectivity index (χ0) is 31.8. The van der Waals surface area contributed by atoms with Gasteiger partial charge in [0.2, 0.25) is 5.91 Å². The number of rotatable bonds is 20. The van der Waals surface area contributed by atoms with Gasteiger partial charge in [0.15, 0.2) is 0 Å². The summed E-state index contributed by atoms with van der Waals surface area (Å²) in [6, 6.07) is 5.08. The molecule has 1 aliphatic rings. The number of benzene rings is 1. The predicted molar refractivity (Wildman–Crippen MR) is 170 cm³/mol. The largest absolute Gasteiger partial charge is 0.493 e. The second-order valence-corrected chi connectivity index (χ2v) is 12.6. The number of unbranched alkanes of at least 4 members (excludes halogenated alkanes) is 1. The molecule has 10 heteroatoms. The van der Waals surface area contributed by atoms with Crippen molar-refractivity contribution in [2.75, 3.05) is 66.3 Å². The number of hydrogen-bond donors (Lipinski definition) is 4. The van der Waals surface area contributed by atoms with E-state index in [1.54, 1.807) is 13.2 Å². The molecule has 0 spiro atoms. The Balaban J connectivity index is 1.90. The summed E-state index contributed by atoms with van der Waals surface area (Å²) in [6.45, 7) is 16.3. The molecule has 2 rings (SSSR count). The highest BCUT2D eigenvalue weighted by atomic mass is 16.5. The van der Waals surface area contributed by atoms with Gasteiger partial charge in [0.25, 0.3) is 5.91 Å². The fourth-order valence-electron chi connectivity index (χ4n) is 5.29. The number of aliphatic hydroxyl groups is 1. The van der Waals surface area contributed by atoms with Crippen molar-refractivity contribution in [3.63, 3.8) is 0 Å². The van der Waals surface area contributed by atoms with Crippen molar-refractivity contribution in [3.8, 4) is 5.75 Å². The maximum Gasteiger partial charge on any atom is 0.255 e. The fourth-order valence-corrected chi connectivity index (χ4v) is 5.29. The Hall–Kier alpha value is -2.24. The Bertz CT molecular complexity index is 953. The Morgan fingerprint density at radius 2 is 1.74 bits per heavy atom. The second-order valence-electron chi connectivity index (χ2n) is 12.6. The zero-order valence-electron chi connectivity index (χ0n) is 27.4. The highest BCUT2D eigenvalue weighted by Crippen LogP contribution is 2.24. The molecule has 10 nitrogen and oxygen atoms in total. The first-order valence-corrected chi connectivity index (χ1v) is 16.0. The van der Waals surface area contributed by atoms with Crippen molar-refractivity contribution in [2.45, 2.75) is 72.4 Å². The summed E-state index contributed by atoms with van der Waals surface area (Å²) in [5.41, 5.74) is 8.03. The molecule has 1 fully saturated rings. The average Bonchev–Trinajstić information content (AvgIpc) is 2.97. The van der Waals surface area contributed by atoms with E-state index < -0.39 is 12.1 Å². The van der Waals surface area contributed by atoms with E-state index in [9.17, 15) is 14.7 Å². The molecule has 4 unspecified atom stereocenters.